The average Bonchev–Trinajstić information content (AvgIpc) is 3.04. The molecular formula is C19H27ClN2O3. The number of aliphatic hydroxyl groups is 1. The molecule has 2 aliphatic heterocycles. The van der Waals surface area contributed by atoms with Crippen LogP contribution in [0.4, 0.5) is 0 Å². The van der Waals surface area contributed by atoms with Gasteiger partial charge in [-0.15, -0.1) is 0 Å². The molecular weight excluding hydrogens is 340 g/mol. The number of piperidine rings is 1. The van der Waals surface area contributed by atoms with Crippen LogP contribution in [-0.2, 0) is 4.79 Å². The van der Waals surface area contributed by atoms with Crippen LogP contribution in [0.3, 0.4) is 0 Å². The van der Waals surface area contributed by atoms with Crippen molar-refractivity contribution in [1.29, 1.82) is 0 Å². The quantitative estimate of drug-likeness (QED) is 0.839. The van der Waals surface area contributed by atoms with Crippen molar-refractivity contribution in [1.82, 2.24) is 9.80 Å². The highest BCUT2D eigenvalue weighted by atomic mass is 35.5. The number of benzene rings is 1. The molecule has 0 saturated carbocycles. The molecule has 1 aromatic rings. The van der Waals surface area contributed by atoms with Crippen molar-refractivity contribution < 1.29 is 14.6 Å². The van der Waals surface area contributed by atoms with Crippen LogP contribution in [-0.4, -0.2) is 66.8 Å². The van der Waals surface area contributed by atoms with Crippen molar-refractivity contribution >= 4 is 17.5 Å². The highest BCUT2D eigenvalue weighted by molar-refractivity contribution is 6.32. The minimum Gasteiger partial charge on any atom is -0.482 e. The van der Waals surface area contributed by atoms with Crippen molar-refractivity contribution in [3.63, 3.8) is 0 Å². The minimum atomic E-state index is -0.0421. The Morgan fingerprint density at radius 3 is 2.60 bits per heavy atom. The smallest absolute Gasteiger partial charge is 0.260 e. The second-order valence-corrected chi connectivity index (χ2v) is 7.49. The first-order valence-electron chi connectivity index (χ1n) is 9.15. The fourth-order valence-electron chi connectivity index (χ4n) is 3.82. The van der Waals surface area contributed by atoms with Gasteiger partial charge in [0.2, 0.25) is 0 Å². The first kappa shape index (κ1) is 18.5. The van der Waals surface area contributed by atoms with E-state index in [0.29, 0.717) is 29.8 Å². The van der Waals surface area contributed by atoms with Gasteiger partial charge in [0.15, 0.2) is 6.61 Å². The van der Waals surface area contributed by atoms with E-state index in [1.165, 1.54) is 19.3 Å². The van der Waals surface area contributed by atoms with Crippen LogP contribution < -0.4 is 4.74 Å². The molecule has 138 valence electrons. The second-order valence-electron chi connectivity index (χ2n) is 7.08. The number of carbonyl (C=O) groups is 1. The Morgan fingerprint density at radius 1 is 1.16 bits per heavy atom. The van der Waals surface area contributed by atoms with Crippen LogP contribution in [0.1, 0.15) is 19.3 Å². The summed E-state index contributed by atoms with van der Waals surface area (Å²) in [4.78, 5) is 16.8. The third kappa shape index (κ3) is 4.87. The topological polar surface area (TPSA) is 53.0 Å². The van der Waals surface area contributed by atoms with Gasteiger partial charge in [-0.05, 0) is 44.0 Å². The van der Waals surface area contributed by atoms with Gasteiger partial charge in [0.05, 0.1) is 5.02 Å². The van der Waals surface area contributed by atoms with E-state index in [1.54, 1.807) is 12.1 Å². The summed E-state index contributed by atoms with van der Waals surface area (Å²) in [6, 6.07) is 7.16. The van der Waals surface area contributed by atoms with Crippen LogP contribution in [0.5, 0.6) is 5.75 Å². The van der Waals surface area contributed by atoms with Crippen molar-refractivity contribution in [3.05, 3.63) is 29.3 Å². The molecule has 0 bridgehead atoms. The third-order valence-electron chi connectivity index (χ3n) is 5.29. The predicted molar refractivity (Wildman–Crippen MR) is 97.9 cm³/mol. The Morgan fingerprint density at radius 2 is 1.88 bits per heavy atom. The largest absolute Gasteiger partial charge is 0.482 e. The van der Waals surface area contributed by atoms with Gasteiger partial charge in [-0.3, -0.25) is 4.79 Å². The third-order valence-corrected chi connectivity index (χ3v) is 5.61. The van der Waals surface area contributed by atoms with Gasteiger partial charge in [0, 0.05) is 32.2 Å². The molecule has 0 aromatic heterocycles. The standard InChI is InChI=1S/C19H27ClN2O3/c20-17-6-2-3-7-18(17)25-14-19(24)22-11-15(16(12-22)13-23)10-21-8-4-1-5-9-21/h2-3,6-7,15-16,23H,1,4-5,8-14H2/t15-,16-/m1/s1. The van der Waals surface area contributed by atoms with Gasteiger partial charge >= 0.3 is 0 Å². The van der Waals surface area contributed by atoms with Gasteiger partial charge in [0.25, 0.3) is 5.91 Å². The van der Waals surface area contributed by atoms with Gasteiger partial charge in [-0.2, -0.15) is 0 Å². The first-order valence-corrected chi connectivity index (χ1v) is 9.53. The van der Waals surface area contributed by atoms with E-state index in [9.17, 15) is 9.90 Å². The molecule has 3 rings (SSSR count). The number of hydrogen-bond acceptors (Lipinski definition) is 4. The number of halogens is 1. The molecule has 0 aliphatic carbocycles. The Bertz CT molecular complexity index is 578. The van der Waals surface area contributed by atoms with E-state index >= 15 is 0 Å². The van der Waals surface area contributed by atoms with E-state index in [4.69, 9.17) is 16.3 Å². The van der Waals surface area contributed by atoms with E-state index in [-0.39, 0.29) is 25.0 Å². The number of rotatable bonds is 6. The molecule has 1 N–H and O–H groups in total. The highest BCUT2D eigenvalue weighted by Crippen LogP contribution is 2.26. The molecule has 0 radical (unpaired) electrons. The molecule has 0 unspecified atom stereocenters. The molecule has 2 fully saturated rings. The minimum absolute atomic E-state index is 0.0156. The zero-order valence-corrected chi connectivity index (χ0v) is 15.3. The molecule has 6 heteroatoms. The summed E-state index contributed by atoms with van der Waals surface area (Å²) in [7, 11) is 0. The molecule has 2 aliphatic rings. The summed E-state index contributed by atoms with van der Waals surface area (Å²) >= 11 is 6.06. The van der Waals surface area contributed by atoms with Crippen LogP contribution in [0, 0.1) is 11.8 Å². The summed E-state index contributed by atoms with van der Waals surface area (Å²) in [6.07, 6.45) is 3.82. The molecule has 2 atom stereocenters. The van der Waals surface area contributed by atoms with Gasteiger partial charge in [0.1, 0.15) is 5.75 Å². The number of amides is 1. The maximum atomic E-state index is 12.5. The lowest BCUT2D eigenvalue weighted by atomic mass is 9.95. The van der Waals surface area contributed by atoms with Gasteiger partial charge < -0.3 is 19.6 Å². The van der Waals surface area contributed by atoms with Crippen molar-refractivity contribution in [3.8, 4) is 5.75 Å². The summed E-state index contributed by atoms with van der Waals surface area (Å²) in [5.41, 5.74) is 0. The number of likely N-dealkylation sites (tertiary alicyclic amines) is 2. The van der Waals surface area contributed by atoms with E-state index in [2.05, 4.69) is 4.90 Å². The zero-order valence-electron chi connectivity index (χ0n) is 14.6. The zero-order chi connectivity index (χ0) is 17.6. The summed E-state index contributed by atoms with van der Waals surface area (Å²) in [5.74, 6) is 0.985. The Labute approximate surface area is 154 Å². The monoisotopic (exact) mass is 366 g/mol. The Balaban J connectivity index is 1.52. The number of carbonyl (C=O) groups excluding carboxylic acids is 1. The number of para-hydroxylation sites is 1. The molecule has 0 spiro atoms. The summed E-state index contributed by atoms with van der Waals surface area (Å²) < 4.78 is 5.57. The fourth-order valence-corrected chi connectivity index (χ4v) is 4.01. The second kappa shape index (κ2) is 8.88. The molecule has 2 saturated heterocycles. The van der Waals surface area contributed by atoms with E-state index < -0.39 is 0 Å². The lowest BCUT2D eigenvalue weighted by molar-refractivity contribution is -0.132. The Kier molecular flexibility index (Phi) is 6.57. The van der Waals surface area contributed by atoms with Gasteiger partial charge in [-0.1, -0.05) is 30.2 Å². The summed E-state index contributed by atoms with van der Waals surface area (Å²) in [5, 5.41) is 10.2. The van der Waals surface area contributed by atoms with Crippen LogP contribution in [0.15, 0.2) is 24.3 Å². The molecule has 1 amide bonds. The van der Waals surface area contributed by atoms with Crippen LogP contribution >= 0.6 is 11.6 Å². The maximum Gasteiger partial charge on any atom is 0.260 e. The predicted octanol–water partition coefficient (Wildman–Crippen LogP) is 2.27. The first-order chi connectivity index (χ1) is 12.2. The molecule has 1 aromatic carbocycles. The summed E-state index contributed by atoms with van der Waals surface area (Å²) in [6.45, 7) is 4.68. The Hall–Kier alpha value is -1.30. The fraction of sp³-hybridized carbons (Fsp3) is 0.632. The van der Waals surface area contributed by atoms with Crippen LogP contribution in [0.2, 0.25) is 5.02 Å². The van der Waals surface area contributed by atoms with E-state index in [1.807, 2.05) is 17.0 Å². The molecule has 2 heterocycles. The number of ether oxygens (including phenoxy) is 1. The van der Waals surface area contributed by atoms with Crippen molar-refractivity contribution in [2.24, 2.45) is 11.8 Å². The number of hydrogen-bond donors (Lipinski definition) is 1. The highest BCUT2D eigenvalue weighted by Gasteiger charge is 2.36. The molecule has 25 heavy (non-hydrogen) atoms. The van der Waals surface area contributed by atoms with Crippen molar-refractivity contribution in [2.75, 3.05) is 45.9 Å². The van der Waals surface area contributed by atoms with Gasteiger partial charge in [-0.25, -0.2) is 0 Å². The van der Waals surface area contributed by atoms with Crippen molar-refractivity contribution in [2.45, 2.75) is 19.3 Å². The maximum absolute atomic E-state index is 12.5. The van der Waals surface area contributed by atoms with Crippen LogP contribution in [0.25, 0.3) is 0 Å². The van der Waals surface area contributed by atoms with E-state index in [0.717, 1.165) is 19.6 Å². The lowest BCUT2D eigenvalue weighted by Crippen LogP contribution is -2.38. The average molecular weight is 367 g/mol. The normalized spacial score (nSPS) is 24.5. The molecule has 5 nitrogen and oxygen atoms in total. The lowest BCUT2D eigenvalue weighted by Gasteiger charge is -2.30. The number of aliphatic hydroxyl groups excluding tert-OH is 1. The SMILES string of the molecule is O=C(COc1ccccc1Cl)N1C[C@@H](CN2CCCCC2)[C@@H](CO)C1. The number of nitrogens with zero attached hydrogens (tertiary/aromatic N) is 2.